The maximum Gasteiger partial charge on any atom is 0.251 e. The third-order valence-electron chi connectivity index (χ3n) is 5.20. The highest BCUT2D eigenvalue weighted by atomic mass is 16.3. The number of piperazine rings is 1. The van der Waals surface area contributed by atoms with Gasteiger partial charge in [-0.3, -0.25) is 19.4 Å². The van der Waals surface area contributed by atoms with Crippen molar-refractivity contribution in [2.24, 2.45) is 0 Å². The summed E-state index contributed by atoms with van der Waals surface area (Å²) in [6, 6.07) is 5.37. The van der Waals surface area contributed by atoms with E-state index in [0.29, 0.717) is 12.2 Å². The van der Waals surface area contributed by atoms with Crippen LogP contribution in [0.15, 0.2) is 18.2 Å². The van der Waals surface area contributed by atoms with E-state index in [4.69, 9.17) is 5.11 Å². The fourth-order valence-corrected chi connectivity index (χ4v) is 3.57. The molecule has 2 saturated heterocycles. The second kappa shape index (κ2) is 7.01. The molecule has 0 bridgehead atoms. The van der Waals surface area contributed by atoms with Gasteiger partial charge in [-0.1, -0.05) is 12.1 Å². The van der Waals surface area contributed by atoms with Gasteiger partial charge >= 0.3 is 0 Å². The molecular formula is C18H25N3O3. The molecule has 1 atom stereocenters. The van der Waals surface area contributed by atoms with Gasteiger partial charge in [0.25, 0.3) is 5.91 Å². The number of aliphatic hydroxyl groups is 1. The van der Waals surface area contributed by atoms with Crippen LogP contribution in [0.25, 0.3) is 0 Å². The number of imide groups is 1. The molecule has 2 aliphatic rings. The van der Waals surface area contributed by atoms with Crippen LogP contribution in [0.4, 0.5) is 5.69 Å². The first-order chi connectivity index (χ1) is 11.5. The minimum absolute atomic E-state index is 0.107. The van der Waals surface area contributed by atoms with E-state index < -0.39 is 0 Å². The zero-order chi connectivity index (χ0) is 17.3. The van der Waals surface area contributed by atoms with Crippen LogP contribution in [0.2, 0.25) is 0 Å². The molecule has 130 valence electrons. The maximum atomic E-state index is 12.9. The van der Waals surface area contributed by atoms with Gasteiger partial charge in [0.15, 0.2) is 0 Å². The molecule has 1 aromatic rings. The first-order valence-electron chi connectivity index (χ1n) is 8.53. The van der Waals surface area contributed by atoms with Crippen molar-refractivity contribution in [3.05, 3.63) is 29.3 Å². The molecule has 1 N–H and O–H groups in total. The number of β-amino-alcohol motifs (C(OH)–C–C–N with tert-alkyl or cyclic N) is 1. The van der Waals surface area contributed by atoms with Gasteiger partial charge in [0.1, 0.15) is 0 Å². The van der Waals surface area contributed by atoms with E-state index in [1.807, 2.05) is 32.0 Å². The Hall–Kier alpha value is -1.76. The summed E-state index contributed by atoms with van der Waals surface area (Å²) in [5.74, 6) is -0.221. The standard InChI is InChI=1S/C18H25N3O3/c1-13-4-3-5-15(14(13)2)21-17(23)12-16(18(21)24)20-8-6-19(7-9-20)10-11-22/h3-5,16,22H,6-12H2,1-2H3/t16-/m0/s1. The van der Waals surface area contributed by atoms with Crippen LogP contribution in [0.3, 0.4) is 0 Å². The maximum absolute atomic E-state index is 12.9. The van der Waals surface area contributed by atoms with Crippen molar-refractivity contribution in [1.29, 1.82) is 0 Å². The Morgan fingerprint density at radius 2 is 1.83 bits per heavy atom. The molecule has 3 rings (SSSR count). The van der Waals surface area contributed by atoms with Gasteiger partial charge in [-0.15, -0.1) is 0 Å². The van der Waals surface area contributed by atoms with Crippen molar-refractivity contribution in [2.75, 3.05) is 44.2 Å². The molecule has 0 aromatic heterocycles. The Morgan fingerprint density at radius 3 is 2.50 bits per heavy atom. The molecule has 2 amide bonds. The number of rotatable bonds is 4. The van der Waals surface area contributed by atoms with Crippen molar-refractivity contribution in [1.82, 2.24) is 9.80 Å². The summed E-state index contributed by atoms with van der Waals surface area (Å²) in [6.07, 6.45) is 0.256. The molecule has 0 saturated carbocycles. The summed E-state index contributed by atoms with van der Waals surface area (Å²) < 4.78 is 0. The molecule has 0 aliphatic carbocycles. The molecule has 6 heteroatoms. The minimum Gasteiger partial charge on any atom is -0.395 e. The average molecular weight is 331 g/mol. The highest BCUT2D eigenvalue weighted by molar-refractivity contribution is 6.22. The van der Waals surface area contributed by atoms with Crippen LogP contribution in [0, 0.1) is 13.8 Å². The van der Waals surface area contributed by atoms with E-state index in [1.54, 1.807) is 0 Å². The van der Waals surface area contributed by atoms with E-state index in [9.17, 15) is 9.59 Å². The third-order valence-corrected chi connectivity index (χ3v) is 5.20. The third kappa shape index (κ3) is 3.09. The average Bonchev–Trinajstić information content (AvgIpc) is 2.86. The molecule has 0 unspecified atom stereocenters. The summed E-state index contributed by atoms with van der Waals surface area (Å²) in [5, 5.41) is 9.02. The van der Waals surface area contributed by atoms with Crippen LogP contribution >= 0.6 is 0 Å². The molecule has 2 heterocycles. The quantitative estimate of drug-likeness (QED) is 0.816. The first-order valence-corrected chi connectivity index (χ1v) is 8.53. The van der Waals surface area contributed by atoms with Gasteiger partial charge in [0, 0.05) is 32.7 Å². The van der Waals surface area contributed by atoms with Gasteiger partial charge in [0.05, 0.1) is 24.8 Å². The fourth-order valence-electron chi connectivity index (χ4n) is 3.57. The number of nitrogens with zero attached hydrogens (tertiary/aromatic N) is 3. The van der Waals surface area contributed by atoms with Crippen LogP contribution in [-0.4, -0.2) is 72.1 Å². The Kier molecular flexibility index (Phi) is 4.99. The summed E-state index contributed by atoms with van der Waals surface area (Å²) in [4.78, 5) is 31.1. The minimum atomic E-state index is -0.353. The Labute approximate surface area is 142 Å². The number of amides is 2. The molecule has 24 heavy (non-hydrogen) atoms. The van der Waals surface area contributed by atoms with Crippen molar-refractivity contribution < 1.29 is 14.7 Å². The van der Waals surface area contributed by atoms with Crippen LogP contribution in [-0.2, 0) is 9.59 Å². The number of anilines is 1. The zero-order valence-corrected chi connectivity index (χ0v) is 14.4. The Balaban J connectivity index is 1.74. The fraction of sp³-hybridized carbons (Fsp3) is 0.556. The largest absolute Gasteiger partial charge is 0.395 e. The monoisotopic (exact) mass is 331 g/mol. The zero-order valence-electron chi connectivity index (χ0n) is 14.4. The van der Waals surface area contributed by atoms with Gasteiger partial charge < -0.3 is 5.11 Å². The highest BCUT2D eigenvalue weighted by Crippen LogP contribution is 2.30. The van der Waals surface area contributed by atoms with Crippen LogP contribution in [0.1, 0.15) is 17.5 Å². The second-order valence-electron chi connectivity index (χ2n) is 6.61. The number of aryl methyl sites for hydroxylation is 1. The summed E-state index contributed by atoms with van der Waals surface area (Å²) in [6.45, 7) is 7.91. The molecular weight excluding hydrogens is 306 g/mol. The summed E-state index contributed by atoms with van der Waals surface area (Å²) in [5.41, 5.74) is 2.77. The normalized spacial score (nSPS) is 23.3. The lowest BCUT2D eigenvalue weighted by Crippen LogP contribution is -2.53. The molecule has 2 aliphatic heterocycles. The van der Waals surface area contributed by atoms with E-state index in [-0.39, 0.29) is 30.9 Å². The second-order valence-corrected chi connectivity index (χ2v) is 6.61. The number of carbonyl (C=O) groups is 2. The lowest BCUT2D eigenvalue weighted by atomic mass is 10.1. The number of hydrogen-bond donors (Lipinski definition) is 1. The van der Waals surface area contributed by atoms with E-state index in [1.165, 1.54) is 4.90 Å². The molecule has 0 spiro atoms. The van der Waals surface area contributed by atoms with Gasteiger partial charge in [0.2, 0.25) is 5.91 Å². The highest BCUT2D eigenvalue weighted by Gasteiger charge is 2.43. The predicted octanol–water partition coefficient (Wildman–Crippen LogP) is 0.545. The topological polar surface area (TPSA) is 64.1 Å². The lowest BCUT2D eigenvalue weighted by molar-refractivity contribution is -0.123. The molecule has 2 fully saturated rings. The Morgan fingerprint density at radius 1 is 1.12 bits per heavy atom. The predicted molar refractivity (Wildman–Crippen MR) is 91.9 cm³/mol. The SMILES string of the molecule is Cc1cccc(N2C(=O)C[C@H](N3CCN(CCO)CC3)C2=O)c1C. The van der Waals surface area contributed by atoms with E-state index in [2.05, 4.69) is 9.80 Å². The summed E-state index contributed by atoms with van der Waals surface area (Å²) in [7, 11) is 0. The lowest BCUT2D eigenvalue weighted by Gasteiger charge is -2.36. The van der Waals surface area contributed by atoms with Crippen molar-refractivity contribution in [2.45, 2.75) is 26.3 Å². The Bertz CT molecular complexity index is 638. The molecule has 6 nitrogen and oxygen atoms in total. The van der Waals surface area contributed by atoms with Gasteiger partial charge in [-0.2, -0.15) is 0 Å². The van der Waals surface area contributed by atoms with Crippen LogP contribution in [0.5, 0.6) is 0 Å². The number of carbonyl (C=O) groups excluding carboxylic acids is 2. The van der Waals surface area contributed by atoms with E-state index >= 15 is 0 Å². The smallest absolute Gasteiger partial charge is 0.251 e. The van der Waals surface area contributed by atoms with E-state index in [0.717, 1.165) is 37.3 Å². The van der Waals surface area contributed by atoms with Crippen molar-refractivity contribution in [3.63, 3.8) is 0 Å². The van der Waals surface area contributed by atoms with Crippen molar-refractivity contribution >= 4 is 17.5 Å². The van der Waals surface area contributed by atoms with Gasteiger partial charge in [-0.25, -0.2) is 4.90 Å². The number of aliphatic hydroxyl groups excluding tert-OH is 1. The van der Waals surface area contributed by atoms with Crippen molar-refractivity contribution in [3.8, 4) is 0 Å². The number of benzene rings is 1. The molecule has 0 radical (unpaired) electrons. The first kappa shape index (κ1) is 17.1. The summed E-state index contributed by atoms with van der Waals surface area (Å²) >= 11 is 0. The number of hydrogen-bond acceptors (Lipinski definition) is 5. The van der Waals surface area contributed by atoms with Crippen LogP contribution < -0.4 is 4.90 Å². The van der Waals surface area contributed by atoms with Gasteiger partial charge in [-0.05, 0) is 31.0 Å². The molecule has 1 aromatic carbocycles.